The summed E-state index contributed by atoms with van der Waals surface area (Å²) in [5.41, 5.74) is 4.46. The third-order valence-corrected chi connectivity index (χ3v) is 3.95. The summed E-state index contributed by atoms with van der Waals surface area (Å²) in [5.74, 6) is -0.127. The van der Waals surface area contributed by atoms with Crippen LogP contribution in [0.15, 0.2) is 54.9 Å². The molecule has 0 fully saturated rings. The molecule has 1 N–H and O–H groups in total. The van der Waals surface area contributed by atoms with Gasteiger partial charge in [0, 0.05) is 6.20 Å². The Bertz CT molecular complexity index is 840. The Morgan fingerprint density at radius 1 is 1.17 bits per heavy atom. The molecule has 1 amide bonds. The Kier molecular flexibility index (Phi) is 4.70. The van der Waals surface area contributed by atoms with Crippen molar-refractivity contribution in [2.45, 2.75) is 26.8 Å². The Morgan fingerprint density at radius 3 is 2.67 bits per heavy atom. The van der Waals surface area contributed by atoms with Gasteiger partial charge in [0.2, 0.25) is 0 Å². The van der Waals surface area contributed by atoms with E-state index in [2.05, 4.69) is 15.4 Å². The van der Waals surface area contributed by atoms with Crippen molar-refractivity contribution in [3.63, 3.8) is 0 Å². The zero-order chi connectivity index (χ0) is 16.9. The van der Waals surface area contributed by atoms with Crippen LogP contribution in [0, 0.1) is 6.92 Å². The molecule has 5 nitrogen and oxygen atoms in total. The average molecular weight is 320 g/mol. The molecule has 24 heavy (non-hydrogen) atoms. The molecule has 0 aliphatic heterocycles. The van der Waals surface area contributed by atoms with Gasteiger partial charge in [-0.25, -0.2) is 4.68 Å². The van der Waals surface area contributed by atoms with E-state index in [1.165, 1.54) is 0 Å². The Balaban J connectivity index is 1.84. The highest BCUT2D eigenvalue weighted by Gasteiger charge is 2.17. The zero-order valence-corrected chi connectivity index (χ0v) is 13.9. The molecule has 2 heterocycles. The lowest BCUT2D eigenvalue weighted by Gasteiger charge is -2.10. The van der Waals surface area contributed by atoms with Crippen LogP contribution in [0.3, 0.4) is 0 Å². The summed E-state index contributed by atoms with van der Waals surface area (Å²) in [4.78, 5) is 16.8. The van der Waals surface area contributed by atoms with Crippen LogP contribution in [0.5, 0.6) is 0 Å². The molecule has 0 bridgehead atoms. The van der Waals surface area contributed by atoms with Crippen molar-refractivity contribution in [3.05, 3.63) is 77.4 Å². The number of nitrogens with one attached hydrogen (secondary N) is 1. The lowest BCUT2D eigenvalue weighted by atomic mass is 10.1. The second kappa shape index (κ2) is 7.08. The molecular formula is C19H20N4O. The van der Waals surface area contributed by atoms with Gasteiger partial charge in [0.05, 0.1) is 35.4 Å². The van der Waals surface area contributed by atoms with Crippen LogP contribution < -0.4 is 5.32 Å². The molecular weight excluding hydrogens is 300 g/mol. The first-order valence-corrected chi connectivity index (χ1v) is 8.01. The monoisotopic (exact) mass is 320 g/mol. The molecule has 122 valence electrons. The van der Waals surface area contributed by atoms with Crippen LogP contribution in [0.1, 0.15) is 34.2 Å². The molecule has 0 radical (unpaired) electrons. The number of hydrogen-bond donors (Lipinski definition) is 1. The van der Waals surface area contributed by atoms with Gasteiger partial charge in [0.25, 0.3) is 5.91 Å². The molecule has 1 aromatic carbocycles. The van der Waals surface area contributed by atoms with Gasteiger partial charge in [-0.15, -0.1) is 0 Å². The van der Waals surface area contributed by atoms with Crippen molar-refractivity contribution in [3.8, 4) is 5.69 Å². The van der Waals surface area contributed by atoms with Crippen LogP contribution in [-0.2, 0) is 13.0 Å². The van der Waals surface area contributed by atoms with Crippen LogP contribution in [0.25, 0.3) is 5.69 Å². The summed E-state index contributed by atoms with van der Waals surface area (Å²) < 4.78 is 1.85. The van der Waals surface area contributed by atoms with E-state index >= 15 is 0 Å². The number of benzene rings is 1. The van der Waals surface area contributed by atoms with Gasteiger partial charge < -0.3 is 5.32 Å². The summed E-state index contributed by atoms with van der Waals surface area (Å²) >= 11 is 0. The largest absolute Gasteiger partial charge is 0.346 e. The number of para-hydroxylation sites is 1. The minimum Gasteiger partial charge on any atom is -0.346 e. The van der Waals surface area contributed by atoms with Crippen molar-refractivity contribution in [1.29, 1.82) is 0 Å². The van der Waals surface area contributed by atoms with E-state index in [0.29, 0.717) is 12.1 Å². The Labute approximate surface area is 141 Å². The highest BCUT2D eigenvalue weighted by molar-refractivity contribution is 5.95. The van der Waals surface area contributed by atoms with E-state index in [1.54, 1.807) is 12.4 Å². The topological polar surface area (TPSA) is 59.8 Å². The van der Waals surface area contributed by atoms with E-state index in [4.69, 9.17) is 0 Å². The fraction of sp³-hybridized carbons (Fsp3) is 0.211. The van der Waals surface area contributed by atoms with Crippen LogP contribution in [0.2, 0.25) is 0 Å². The first-order chi connectivity index (χ1) is 11.7. The third kappa shape index (κ3) is 3.20. The maximum absolute atomic E-state index is 12.5. The number of hydrogen-bond acceptors (Lipinski definition) is 3. The van der Waals surface area contributed by atoms with E-state index < -0.39 is 0 Å². The van der Waals surface area contributed by atoms with E-state index in [-0.39, 0.29) is 5.91 Å². The van der Waals surface area contributed by atoms with Gasteiger partial charge >= 0.3 is 0 Å². The molecule has 0 aliphatic carbocycles. The first-order valence-electron chi connectivity index (χ1n) is 8.01. The average Bonchev–Trinajstić information content (AvgIpc) is 3.05. The fourth-order valence-electron chi connectivity index (χ4n) is 2.68. The number of carbonyl (C=O) groups is 1. The molecule has 3 aromatic rings. The lowest BCUT2D eigenvalue weighted by Crippen LogP contribution is -2.24. The second-order valence-corrected chi connectivity index (χ2v) is 5.56. The Morgan fingerprint density at radius 2 is 1.96 bits per heavy atom. The lowest BCUT2D eigenvalue weighted by molar-refractivity contribution is 0.0949. The van der Waals surface area contributed by atoms with Crippen molar-refractivity contribution >= 4 is 5.91 Å². The number of aromatic nitrogens is 3. The molecule has 0 saturated carbocycles. The number of aryl methyl sites for hydroxylation is 1. The van der Waals surface area contributed by atoms with Gasteiger partial charge in [-0.05, 0) is 37.1 Å². The van der Waals surface area contributed by atoms with E-state index in [0.717, 1.165) is 29.1 Å². The van der Waals surface area contributed by atoms with Gasteiger partial charge in [0.15, 0.2) is 0 Å². The molecule has 0 saturated heterocycles. The molecule has 0 aliphatic rings. The quantitative estimate of drug-likeness (QED) is 0.786. The van der Waals surface area contributed by atoms with Crippen molar-refractivity contribution < 1.29 is 4.79 Å². The second-order valence-electron chi connectivity index (χ2n) is 5.56. The van der Waals surface area contributed by atoms with E-state index in [9.17, 15) is 4.79 Å². The molecule has 0 atom stereocenters. The summed E-state index contributed by atoms with van der Waals surface area (Å²) in [6.45, 7) is 4.47. The van der Waals surface area contributed by atoms with Gasteiger partial charge in [-0.2, -0.15) is 5.10 Å². The summed E-state index contributed by atoms with van der Waals surface area (Å²) in [7, 11) is 0. The highest BCUT2D eigenvalue weighted by Crippen LogP contribution is 2.18. The zero-order valence-electron chi connectivity index (χ0n) is 13.9. The molecule has 2 aromatic heterocycles. The number of carbonyl (C=O) groups excluding carboxylic acids is 1. The van der Waals surface area contributed by atoms with Crippen molar-refractivity contribution in [2.24, 2.45) is 0 Å². The maximum Gasteiger partial charge on any atom is 0.255 e. The van der Waals surface area contributed by atoms with Crippen LogP contribution in [0.4, 0.5) is 0 Å². The summed E-state index contributed by atoms with van der Waals surface area (Å²) in [5, 5.41) is 7.35. The predicted molar refractivity (Wildman–Crippen MR) is 93.1 cm³/mol. The van der Waals surface area contributed by atoms with Crippen LogP contribution in [-0.4, -0.2) is 20.7 Å². The van der Waals surface area contributed by atoms with Crippen molar-refractivity contribution in [1.82, 2.24) is 20.1 Å². The number of rotatable bonds is 5. The normalized spacial score (nSPS) is 10.6. The molecule has 0 spiro atoms. The van der Waals surface area contributed by atoms with Crippen LogP contribution >= 0.6 is 0 Å². The predicted octanol–water partition coefficient (Wildman–Crippen LogP) is 3.07. The molecule has 0 unspecified atom stereocenters. The first kappa shape index (κ1) is 15.9. The Hall–Kier alpha value is -2.95. The van der Waals surface area contributed by atoms with Gasteiger partial charge in [0.1, 0.15) is 0 Å². The number of amides is 1. The molecule has 3 rings (SSSR count). The van der Waals surface area contributed by atoms with Crippen molar-refractivity contribution in [2.75, 3.05) is 0 Å². The summed E-state index contributed by atoms with van der Waals surface area (Å²) in [6.07, 6.45) is 4.08. The fourth-order valence-corrected chi connectivity index (χ4v) is 2.68. The maximum atomic E-state index is 12.5. The number of nitrogens with zero attached hydrogens (tertiary/aromatic N) is 3. The van der Waals surface area contributed by atoms with E-state index in [1.807, 2.05) is 61.0 Å². The standard InChI is InChI=1S/C19H20N4O/c1-3-17-16(19(24)21-12-15-9-6-7-11-20-15)13-22-23(17)18-10-5-4-8-14(18)2/h4-11,13H,3,12H2,1-2H3,(H,21,24). The number of pyridine rings is 1. The summed E-state index contributed by atoms with van der Waals surface area (Å²) in [6, 6.07) is 13.7. The smallest absolute Gasteiger partial charge is 0.255 e. The third-order valence-electron chi connectivity index (χ3n) is 3.95. The highest BCUT2D eigenvalue weighted by atomic mass is 16.1. The minimum atomic E-state index is -0.127. The van der Waals surface area contributed by atoms with Gasteiger partial charge in [-0.1, -0.05) is 31.2 Å². The van der Waals surface area contributed by atoms with Gasteiger partial charge in [-0.3, -0.25) is 9.78 Å². The minimum absolute atomic E-state index is 0.127. The molecule has 5 heteroatoms. The SMILES string of the molecule is CCc1c(C(=O)NCc2ccccn2)cnn1-c1ccccc1C.